The van der Waals surface area contributed by atoms with Crippen molar-refractivity contribution in [1.29, 1.82) is 0 Å². The topological polar surface area (TPSA) is 768 Å². The van der Waals surface area contributed by atoms with Gasteiger partial charge >= 0.3 is 0 Å². The summed E-state index contributed by atoms with van der Waals surface area (Å²) in [5, 5.41) is 268. The third-order valence-corrected chi connectivity index (χ3v) is 20.7. The number of carbonyl (C=O) groups excluding carboxylic acids is 5. The van der Waals surface area contributed by atoms with E-state index in [0.29, 0.717) is 0 Å². The van der Waals surface area contributed by atoms with Crippen LogP contribution in [0.15, 0.2) is 0 Å². The fourth-order valence-electron chi connectivity index (χ4n) is 14.7. The van der Waals surface area contributed by atoms with Gasteiger partial charge in [-0.3, -0.25) is 24.0 Å². The van der Waals surface area contributed by atoms with Crippen molar-refractivity contribution in [2.75, 3.05) is 52.9 Å². The summed E-state index contributed by atoms with van der Waals surface area (Å²) in [5.41, 5.74) is 0. The highest BCUT2D eigenvalue weighted by Crippen LogP contribution is 2.40. The van der Waals surface area contributed by atoms with Crippen molar-refractivity contribution in [3.8, 4) is 0 Å². The molecule has 50 heteroatoms. The number of carbonyl (C=O) groups is 5. The third-order valence-electron chi connectivity index (χ3n) is 20.7. The van der Waals surface area contributed by atoms with Crippen LogP contribution in [0.1, 0.15) is 41.5 Å². The first-order valence-electron chi connectivity index (χ1n) is 36.5. The van der Waals surface area contributed by atoms with Gasteiger partial charge in [-0.25, -0.2) is 0 Å². The van der Waals surface area contributed by atoms with E-state index in [4.69, 9.17) is 80.5 Å². The Labute approximate surface area is 646 Å². The molecule has 9 aliphatic heterocycles. The molecule has 0 aromatic rings. The van der Waals surface area contributed by atoms with E-state index in [1.54, 1.807) is 0 Å². The van der Waals surface area contributed by atoms with Crippen LogP contribution in [0.5, 0.6) is 0 Å². The molecule has 0 aromatic heterocycles. The molecule has 0 radical (unpaired) electrons. The maximum atomic E-state index is 13.2. The Kier molecular flexibility index (Phi) is 33.6. The smallest absolute Gasteiger partial charge is 0.217 e. The fraction of sp³-hybridized carbons (Fsp3) is 0.922. The highest BCUT2D eigenvalue weighted by molar-refractivity contribution is 5.75. The quantitative estimate of drug-likeness (QED) is 0.0331. The van der Waals surface area contributed by atoms with Crippen molar-refractivity contribution >= 4 is 29.5 Å². The highest BCUT2D eigenvalue weighted by Gasteiger charge is 2.61. The van der Waals surface area contributed by atoms with E-state index in [1.807, 2.05) is 0 Å². The molecule has 0 bridgehead atoms. The molecule has 114 heavy (non-hydrogen) atoms. The second-order valence-corrected chi connectivity index (χ2v) is 28.9. The Balaban J connectivity index is 0.999. The summed E-state index contributed by atoms with van der Waals surface area (Å²) in [6, 6.07) is -9.11. The Morgan fingerprint density at radius 3 is 0.947 bits per heavy atom. The molecule has 9 saturated heterocycles. The van der Waals surface area contributed by atoms with Crippen LogP contribution < -0.4 is 26.6 Å². The number of hydrogen-bond donors (Lipinski definition) is 28. The van der Waals surface area contributed by atoms with Crippen LogP contribution in [0, 0.1) is 0 Å². The lowest BCUT2D eigenvalue weighted by atomic mass is 9.93. The Morgan fingerprint density at radius 1 is 0.246 bits per heavy atom. The van der Waals surface area contributed by atoms with Gasteiger partial charge in [-0.1, -0.05) is 0 Å². The van der Waals surface area contributed by atoms with Crippen molar-refractivity contribution < 1.29 is 222 Å². The van der Waals surface area contributed by atoms with Crippen LogP contribution in [0.2, 0.25) is 0 Å². The van der Waals surface area contributed by atoms with Gasteiger partial charge in [0.05, 0.1) is 59.0 Å². The van der Waals surface area contributed by atoms with Gasteiger partial charge < -0.3 is 225 Å². The minimum Gasteiger partial charge on any atom is -0.394 e. The van der Waals surface area contributed by atoms with Crippen LogP contribution in [0.25, 0.3) is 0 Å². The van der Waals surface area contributed by atoms with E-state index in [9.17, 15) is 141 Å². The average molecular weight is 1670 g/mol. The molecule has 9 aliphatic rings. The average Bonchev–Trinajstić information content (AvgIpc) is 0.764. The number of aliphatic hydroxyl groups is 23. The van der Waals surface area contributed by atoms with Gasteiger partial charge in [-0.15, -0.1) is 0 Å². The van der Waals surface area contributed by atoms with Crippen LogP contribution in [-0.4, -0.2) is 476 Å². The lowest BCUT2D eigenvalue weighted by Gasteiger charge is -2.51. The third kappa shape index (κ3) is 21.0. The first kappa shape index (κ1) is 93.6. The second kappa shape index (κ2) is 40.9. The number of nitrogens with one attached hydrogen (secondary N) is 5. The van der Waals surface area contributed by atoms with Crippen LogP contribution in [0.4, 0.5) is 0 Å². The molecule has 28 N–H and O–H groups in total. The van der Waals surface area contributed by atoms with Gasteiger partial charge in [0.25, 0.3) is 0 Å². The van der Waals surface area contributed by atoms with E-state index >= 15 is 0 Å². The van der Waals surface area contributed by atoms with Gasteiger partial charge in [0, 0.05) is 34.6 Å². The summed E-state index contributed by atoms with van der Waals surface area (Å²) in [6.07, 6.45) is -80.0. The highest BCUT2D eigenvalue weighted by atomic mass is 16.8. The Bertz CT molecular complexity index is 3080. The monoisotopic (exact) mass is 1670 g/mol. The summed E-state index contributed by atoms with van der Waals surface area (Å²) in [6.45, 7) is -2.16. The summed E-state index contributed by atoms with van der Waals surface area (Å²) >= 11 is 0. The van der Waals surface area contributed by atoms with Gasteiger partial charge in [-0.2, -0.15) is 0 Å². The maximum Gasteiger partial charge on any atom is 0.217 e. The van der Waals surface area contributed by atoms with Crippen LogP contribution in [-0.2, 0) is 104 Å². The second-order valence-electron chi connectivity index (χ2n) is 28.9. The van der Waals surface area contributed by atoms with Gasteiger partial charge in [-0.05, 0) is 6.92 Å². The lowest BCUT2D eigenvalue weighted by Crippen LogP contribution is -2.71. The molecular formula is C64H107N5O45. The molecule has 5 amide bonds. The molecule has 0 aromatic carbocycles. The van der Waals surface area contributed by atoms with Crippen molar-refractivity contribution in [1.82, 2.24) is 26.6 Å². The van der Waals surface area contributed by atoms with E-state index < -0.39 is 358 Å². The van der Waals surface area contributed by atoms with Crippen molar-refractivity contribution in [2.24, 2.45) is 0 Å². The normalized spacial score (nSPS) is 48.2. The number of aliphatic hydroxyl groups excluding tert-OH is 23. The number of amides is 5. The van der Waals surface area contributed by atoms with E-state index in [-0.39, 0.29) is 0 Å². The van der Waals surface area contributed by atoms with Crippen LogP contribution >= 0.6 is 0 Å². The van der Waals surface area contributed by atoms with E-state index in [2.05, 4.69) is 26.6 Å². The zero-order valence-electron chi connectivity index (χ0n) is 61.9. The van der Waals surface area contributed by atoms with Gasteiger partial charge in [0.2, 0.25) is 29.5 Å². The molecule has 0 unspecified atom stereocenters. The molecule has 9 heterocycles. The first-order valence-corrected chi connectivity index (χ1v) is 36.5. The Morgan fingerprint density at radius 2 is 0.535 bits per heavy atom. The summed E-state index contributed by atoms with van der Waals surface area (Å²) in [5.74, 6) is -4.41. The minimum atomic E-state index is -2.53. The minimum absolute atomic E-state index is 0.776. The lowest BCUT2D eigenvalue weighted by molar-refractivity contribution is -0.397. The summed E-state index contributed by atoms with van der Waals surface area (Å²) < 4.78 is 101. The fourth-order valence-corrected chi connectivity index (χ4v) is 14.7. The summed E-state index contributed by atoms with van der Waals surface area (Å²) in [4.78, 5) is 63.7. The van der Waals surface area contributed by atoms with E-state index in [0.717, 1.165) is 34.6 Å². The first-order chi connectivity index (χ1) is 53.8. The molecule has 9 fully saturated rings. The van der Waals surface area contributed by atoms with Crippen LogP contribution in [0.3, 0.4) is 0 Å². The van der Waals surface area contributed by atoms with Crippen molar-refractivity contribution in [2.45, 2.75) is 318 Å². The standard InChI is InChI=1S/C64H107N5O45/c1-15-34(81)44(91)47(94)61(100-15)99-14-28-53(40(87)29(56(97)101-28)65-16(2)76)111-59-32(68-19(5)79)43(90)52(26(12-75)106-59)112-63-49(96)54(38(85)27(108-63)13-98-62-48(95)45(92)36(83)22(8-71)103-62)113-64-55(46(93)37(84)23(9-72)104-64)114-60-33(69-20(6)80)42(89)51(25(11-74)107-60)110-58-31(67-18(4)78)41(88)50(24(10-73)105-58)109-57-30(66-17(3)77)39(86)35(82)21(7-70)102-57/h15,21-64,70-75,81-97H,7-14H2,1-6H3,(H,65,76)(H,66,77)(H,67,78)(H,68,79)(H,69,80)/t15-,21+,22+,23+,24+,25+,26+,27+,28+,29+,30+,31+,32+,33+,34+,35-,36+,37+,38+,39+,40+,41+,42+,43+,44+,45-,46-,47-,48-,49-,50-,51+,52+,53+,54-,55-,56+,57+,58-,59-,60-,61+,62-,63-,64+/m0/s1. The van der Waals surface area contributed by atoms with Gasteiger partial charge in [0.15, 0.2) is 56.6 Å². The van der Waals surface area contributed by atoms with Crippen molar-refractivity contribution in [3.05, 3.63) is 0 Å². The van der Waals surface area contributed by atoms with E-state index in [1.165, 1.54) is 6.92 Å². The maximum absolute atomic E-state index is 13.2. The molecular weight excluding hydrogens is 1560 g/mol. The van der Waals surface area contributed by atoms with Crippen molar-refractivity contribution in [3.63, 3.8) is 0 Å². The molecule has 0 spiro atoms. The molecule has 50 nitrogen and oxygen atoms in total. The van der Waals surface area contributed by atoms with Gasteiger partial charge in [0.1, 0.15) is 213 Å². The zero-order valence-corrected chi connectivity index (χ0v) is 61.9. The predicted octanol–water partition coefficient (Wildman–Crippen LogP) is -18.9. The predicted molar refractivity (Wildman–Crippen MR) is 354 cm³/mol. The number of rotatable bonds is 29. The molecule has 658 valence electrons. The molecule has 45 atom stereocenters. The molecule has 9 rings (SSSR count). The SMILES string of the molecule is CC(=O)N[C@@H]1[C@@H](O)[C@H](O[C@@H]2O[C@H](CO)[C@@H](O[C@@H]3O[C@H](CO[C@H]4O[C@H](CO)[C@@H](O)[C@H](O)[C@@H]4O)[C@@H](O)[C@H](O[C@H]4O[C@H](CO)[C@@H](O)[C@H](O)[C@@H]4O[C@@H]4O[C@H](CO)[C@@H](O[C@@H]5O[C@H](CO)[C@H](O[C@H]6O[C@H](CO)[C@H](O)[C@H](O)[C@H]6NC(C)=O)[C@H](O)[C@H]5NC(C)=O)[C@H](O)[C@H]4NC(C)=O)[C@@H]3O)[C@H](O)[C@H]2NC(C)=O)[C@@H](CO[C@@H]2O[C@@H](C)[C@@H](O)[C@@H](O)[C@@H]2O)O[C@H]1O. The summed E-state index contributed by atoms with van der Waals surface area (Å²) in [7, 11) is 0. The molecule has 0 aliphatic carbocycles. The Hall–Kier alpha value is -4.25. The number of hydrogen-bond acceptors (Lipinski definition) is 45. The zero-order chi connectivity index (χ0) is 84.1. The molecule has 0 saturated carbocycles. The number of ether oxygens (including phenoxy) is 17. The largest absolute Gasteiger partial charge is 0.394 e.